The molecule has 1 aromatic carbocycles. The second-order valence-electron chi connectivity index (χ2n) is 9.84. The number of rotatable bonds is 2. The number of nitrogens with zero attached hydrogens (tertiary/aromatic N) is 2. The Morgan fingerprint density at radius 1 is 0.971 bits per heavy atom. The molecule has 5 rings (SSSR count). The number of benzene rings is 1. The van der Waals surface area contributed by atoms with Crippen LogP contribution in [0.25, 0.3) is 0 Å². The standard InChI is InChI=1S/C27H33N3O3S/c31-25-23-15-22(26(32)29-13-9-19-7-3-4-8-20(19)17-29)16-24(23)30(12-6-2-1-5-11-28-25)27(33)21-10-14-34-18-21/h3-4,7-8,10,14,18,22-24H,1-2,5-6,9,11-13,15-17H2,(H,28,31). The van der Waals surface area contributed by atoms with Gasteiger partial charge in [0.05, 0.1) is 11.5 Å². The van der Waals surface area contributed by atoms with E-state index in [1.807, 2.05) is 32.7 Å². The van der Waals surface area contributed by atoms with Crippen molar-refractivity contribution in [2.24, 2.45) is 11.8 Å². The molecule has 3 heterocycles. The Kier molecular flexibility index (Phi) is 6.99. The fraction of sp³-hybridized carbons (Fsp3) is 0.519. The van der Waals surface area contributed by atoms with Crippen LogP contribution in [0.3, 0.4) is 0 Å². The van der Waals surface area contributed by atoms with Crippen LogP contribution in [0.1, 0.15) is 60.0 Å². The van der Waals surface area contributed by atoms with E-state index in [1.54, 1.807) is 0 Å². The second-order valence-corrected chi connectivity index (χ2v) is 10.6. The molecular weight excluding hydrogens is 446 g/mol. The maximum absolute atomic E-state index is 13.6. The van der Waals surface area contributed by atoms with Crippen molar-refractivity contribution in [3.05, 3.63) is 57.8 Å². The van der Waals surface area contributed by atoms with Gasteiger partial charge in [-0.05, 0) is 54.7 Å². The van der Waals surface area contributed by atoms with Crippen LogP contribution in [0.5, 0.6) is 0 Å². The number of nitrogens with one attached hydrogen (secondary N) is 1. The molecule has 3 unspecified atom stereocenters. The molecule has 1 N–H and O–H groups in total. The van der Waals surface area contributed by atoms with Gasteiger partial charge < -0.3 is 15.1 Å². The van der Waals surface area contributed by atoms with Crippen LogP contribution in [0.15, 0.2) is 41.1 Å². The van der Waals surface area contributed by atoms with Crippen LogP contribution >= 0.6 is 11.3 Å². The summed E-state index contributed by atoms with van der Waals surface area (Å²) in [4.78, 5) is 44.2. The molecule has 7 heteroatoms. The van der Waals surface area contributed by atoms with E-state index in [0.29, 0.717) is 44.6 Å². The van der Waals surface area contributed by atoms with Crippen molar-refractivity contribution < 1.29 is 14.4 Å². The van der Waals surface area contributed by atoms with Crippen molar-refractivity contribution in [2.75, 3.05) is 19.6 Å². The highest BCUT2D eigenvalue weighted by Crippen LogP contribution is 2.38. The van der Waals surface area contributed by atoms with Gasteiger partial charge in [-0.25, -0.2) is 0 Å². The molecule has 6 nitrogen and oxygen atoms in total. The molecule has 1 aliphatic carbocycles. The highest BCUT2D eigenvalue weighted by molar-refractivity contribution is 7.08. The predicted octanol–water partition coefficient (Wildman–Crippen LogP) is 3.86. The van der Waals surface area contributed by atoms with Crippen molar-refractivity contribution >= 4 is 29.1 Å². The first-order chi connectivity index (χ1) is 16.6. The molecular formula is C27H33N3O3S. The minimum atomic E-state index is -0.341. The van der Waals surface area contributed by atoms with Gasteiger partial charge in [0.25, 0.3) is 5.91 Å². The van der Waals surface area contributed by atoms with Gasteiger partial charge in [0.15, 0.2) is 0 Å². The summed E-state index contributed by atoms with van der Waals surface area (Å²) in [6.07, 6.45) is 5.91. The summed E-state index contributed by atoms with van der Waals surface area (Å²) < 4.78 is 0. The molecule has 1 saturated heterocycles. The Bertz CT molecular complexity index is 1040. The van der Waals surface area contributed by atoms with Crippen molar-refractivity contribution in [3.63, 3.8) is 0 Å². The van der Waals surface area contributed by atoms with Crippen LogP contribution in [-0.2, 0) is 22.6 Å². The number of carbonyl (C=O) groups is 3. The molecule has 3 atom stereocenters. The van der Waals surface area contributed by atoms with E-state index in [2.05, 4.69) is 23.5 Å². The van der Waals surface area contributed by atoms with Gasteiger partial charge in [-0.1, -0.05) is 37.1 Å². The highest BCUT2D eigenvalue weighted by Gasteiger charge is 2.46. The Morgan fingerprint density at radius 2 is 1.79 bits per heavy atom. The normalized spacial score (nSPS) is 25.6. The first-order valence-electron chi connectivity index (χ1n) is 12.6. The third-order valence-electron chi connectivity index (χ3n) is 7.71. The molecule has 2 aromatic rings. The van der Waals surface area contributed by atoms with Crippen molar-refractivity contribution in [1.29, 1.82) is 0 Å². The number of fused-ring (bicyclic) bond motifs is 2. The van der Waals surface area contributed by atoms with E-state index >= 15 is 0 Å². The Morgan fingerprint density at radius 3 is 2.62 bits per heavy atom. The minimum Gasteiger partial charge on any atom is -0.356 e. The summed E-state index contributed by atoms with van der Waals surface area (Å²) in [5, 5.41) is 6.89. The quantitative estimate of drug-likeness (QED) is 0.711. The third-order valence-corrected chi connectivity index (χ3v) is 8.39. The van der Waals surface area contributed by atoms with E-state index in [9.17, 15) is 14.4 Å². The topological polar surface area (TPSA) is 69.7 Å². The Labute approximate surface area is 205 Å². The molecule has 0 bridgehead atoms. The predicted molar refractivity (Wildman–Crippen MR) is 132 cm³/mol. The summed E-state index contributed by atoms with van der Waals surface area (Å²) >= 11 is 1.51. The lowest BCUT2D eigenvalue weighted by molar-refractivity contribution is -0.136. The van der Waals surface area contributed by atoms with Gasteiger partial charge in [0.2, 0.25) is 11.8 Å². The van der Waals surface area contributed by atoms with E-state index in [0.717, 1.165) is 32.1 Å². The molecule has 1 aromatic heterocycles. The SMILES string of the molecule is O=C1NCCCCCCN(C(=O)c2ccsc2)C2CC(C(=O)N3CCc4ccccc4C3)CC12. The summed E-state index contributed by atoms with van der Waals surface area (Å²) in [5.74, 6) is -0.458. The van der Waals surface area contributed by atoms with Crippen molar-refractivity contribution in [3.8, 4) is 0 Å². The second kappa shape index (κ2) is 10.3. The van der Waals surface area contributed by atoms with Gasteiger partial charge in [-0.2, -0.15) is 11.3 Å². The van der Waals surface area contributed by atoms with Crippen LogP contribution in [0, 0.1) is 11.8 Å². The highest BCUT2D eigenvalue weighted by atomic mass is 32.1. The van der Waals surface area contributed by atoms with Crippen LogP contribution in [-0.4, -0.2) is 53.2 Å². The van der Waals surface area contributed by atoms with Crippen LogP contribution < -0.4 is 5.32 Å². The molecule has 0 spiro atoms. The zero-order chi connectivity index (χ0) is 23.5. The fourth-order valence-corrected chi connectivity index (χ4v) is 6.49. The molecule has 3 amide bonds. The molecule has 34 heavy (non-hydrogen) atoms. The van der Waals surface area contributed by atoms with Gasteiger partial charge >= 0.3 is 0 Å². The molecule has 0 radical (unpaired) electrons. The smallest absolute Gasteiger partial charge is 0.254 e. The lowest BCUT2D eigenvalue weighted by atomic mass is 9.97. The molecule has 2 fully saturated rings. The minimum absolute atomic E-state index is 0.00527. The molecule has 3 aliphatic rings. The van der Waals surface area contributed by atoms with Crippen LogP contribution in [0.2, 0.25) is 0 Å². The first kappa shape index (κ1) is 23.1. The van der Waals surface area contributed by atoms with E-state index < -0.39 is 0 Å². The van der Waals surface area contributed by atoms with Gasteiger partial charge in [-0.15, -0.1) is 0 Å². The number of hydrogen-bond acceptors (Lipinski definition) is 4. The average molecular weight is 480 g/mol. The lowest BCUT2D eigenvalue weighted by Gasteiger charge is -2.33. The number of hydrogen-bond donors (Lipinski definition) is 1. The lowest BCUT2D eigenvalue weighted by Crippen LogP contribution is -2.47. The Balaban J connectivity index is 1.38. The number of carbonyl (C=O) groups excluding carboxylic acids is 3. The first-order valence-corrected chi connectivity index (χ1v) is 13.5. The van der Waals surface area contributed by atoms with Crippen molar-refractivity contribution in [2.45, 2.75) is 57.5 Å². The van der Waals surface area contributed by atoms with Crippen molar-refractivity contribution in [1.82, 2.24) is 15.1 Å². The van der Waals surface area contributed by atoms with Gasteiger partial charge in [0, 0.05) is 43.5 Å². The third kappa shape index (κ3) is 4.76. The largest absolute Gasteiger partial charge is 0.356 e. The monoisotopic (exact) mass is 479 g/mol. The summed E-state index contributed by atoms with van der Waals surface area (Å²) in [5.41, 5.74) is 3.21. The zero-order valence-corrected chi connectivity index (χ0v) is 20.4. The van der Waals surface area contributed by atoms with E-state index in [4.69, 9.17) is 0 Å². The summed E-state index contributed by atoms with van der Waals surface area (Å²) in [6.45, 7) is 2.65. The maximum Gasteiger partial charge on any atom is 0.254 e. The zero-order valence-electron chi connectivity index (χ0n) is 19.6. The van der Waals surface area contributed by atoms with Gasteiger partial charge in [-0.3, -0.25) is 14.4 Å². The number of thiophene rings is 1. The average Bonchev–Trinajstić information content (AvgIpc) is 3.55. The maximum atomic E-state index is 13.6. The van der Waals surface area contributed by atoms with Crippen LogP contribution in [0.4, 0.5) is 0 Å². The van der Waals surface area contributed by atoms with Gasteiger partial charge in [0.1, 0.15) is 0 Å². The Hall–Kier alpha value is -2.67. The fourth-order valence-electron chi connectivity index (χ4n) is 5.86. The number of amides is 3. The molecule has 2 aliphatic heterocycles. The van der Waals surface area contributed by atoms with E-state index in [1.165, 1.54) is 22.5 Å². The van der Waals surface area contributed by atoms with E-state index in [-0.39, 0.29) is 35.6 Å². The molecule has 1 saturated carbocycles. The summed E-state index contributed by atoms with van der Waals surface area (Å²) in [6, 6.07) is 9.93. The molecule has 180 valence electrons. The summed E-state index contributed by atoms with van der Waals surface area (Å²) in [7, 11) is 0.